The van der Waals surface area contributed by atoms with Crippen LogP contribution in [0.5, 0.6) is 0 Å². The predicted molar refractivity (Wildman–Crippen MR) is 100 cm³/mol. The van der Waals surface area contributed by atoms with E-state index < -0.39 is 10.1 Å². The Kier molecular flexibility index (Phi) is 8.26. The van der Waals surface area contributed by atoms with Crippen molar-refractivity contribution in [2.24, 2.45) is 5.11 Å². The zero-order chi connectivity index (χ0) is 19.7. The van der Waals surface area contributed by atoms with Crippen LogP contribution in [0.2, 0.25) is 0 Å². The van der Waals surface area contributed by atoms with E-state index in [1.54, 1.807) is 12.1 Å². The van der Waals surface area contributed by atoms with Gasteiger partial charge >= 0.3 is 21.2 Å². The van der Waals surface area contributed by atoms with Crippen LogP contribution in [0.25, 0.3) is 10.4 Å². The van der Waals surface area contributed by atoms with Gasteiger partial charge in [0.05, 0.1) is 11.4 Å². The van der Waals surface area contributed by atoms with Gasteiger partial charge in [-0.3, -0.25) is 0 Å². The van der Waals surface area contributed by atoms with Crippen molar-refractivity contribution in [2.45, 2.75) is 18.4 Å². The van der Waals surface area contributed by atoms with Gasteiger partial charge in [0.15, 0.2) is 3.57 Å². The van der Waals surface area contributed by atoms with Gasteiger partial charge in [0, 0.05) is 11.0 Å². The summed E-state index contributed by atoms with van der Waals surface area (Å²) >= 11 is 1.77. The number of hydrogen-bond acceptors (Lipinski definition) is 5. The predicted octanol–water partition coefficient (Wildman–Crippen LogP) is 1.59. The maximum Gasteiger partial charge on any atom is 0.369 e. The SMILES string of the molecule is Cc1ccc(S(=O)(=O)[O-])cc1.[N-]=[N+]=NCc1ccc([I+]c2cccs2)cc1. The van der Waals surface area contributed by atoms with Crippen LogP contribution in [0, 0.1) is 13.4 Å². The molecule has 3 rings (SSSR count). The quantitative estimate of drug-likeness (QED) is 0.170. The molecule has 6 nitrogen and oxygen atoms in total. The van der Waals surface area contributed by atoms with Crippen LogP contribution in [0.15, 0.2) is 76.1 Å². The fourth-order valence-corrected chi connectivity index (χ4v) is 5.99. The standard InChI is InChI=1S/C11H9IN3S.C7H8O3S/c13-15-14-8-9-3-5-10(6-4-9)12-11-2-1-7-16-11;1-6-2-4-7(5-3-6)11(8,9)10/h1-7H,8H2;2-5H,1H3,(H,8,9,10)/q+1;/p-1. The highest BCUT2D eigenvalue weighted by atomic mass is 127. The van der Waals surface area contributed by atoms with Crippen molar-refractivity contribution in [2.75, 3.05) is 0 Å². The van der Waals surface area contributed by atoms with Crippen LogP contribution in [-0.2, 0) is 16.7 Å². The van der Waals surface area contributed by atoms with E-state index in [0.717, 1.165) is 11.1 Å². The molecule has 9 heteroatoms. The monoisotopic (exact) mass is 513 g/mol. The zero-order valence-electron chi connectivity index (χ0n) is 14.3. The summed E-state index contributed by atoms with van der Waals surface area (Å²) in [4.78, 5) is 2.57. The summed E-state index contributed by atoms with van der Waals surface area (Å²) < 4.78 is 34.0. The molecular weight excluding hydrogens is 497 g/mol. The van der Waals surface area contributed by atoms with Crippen LogP contribution >= 0.6 is 11.3 Å². The maximum atomic E-state index is 10.4. The van der Waals surface area contributed by atoms with E-state index in [-0.39, 0.29) is 26.1 Å². The molecule has 0 atom stereocenters. The van der Waals surface area contributed by atoms with Crippen LogP contribution in [-0.4, -0.2) is 13.0 Å². The Hall–Kier alpha value is -1.91. The molecule has 140 valence electrons. The number of rotatable bonds is 5. The number of hydrogen-bond donors (Lipinski definition) is 0. The summed E-state index contributed by atoms with van der Waals surface area (Å²) in [5.41, 5.74) is 10.2. The van der Waals surface area contributed by atoms with Gasteiger partial charge < -0.3 is 4.55 Å². The molecule has 0 aliphatic heterocycles. The molecule has 1 heterocycles. The molecule has 0 amide bonds. The summed E-state index contributed by atoms with van der Waals surface area (Å²) in [6.45, 7) is 2.26. The van der Waals surface area contributed by atoms with Crippen LogP contribution in [0.1, 0.15) is 11.1 Å². The first-order valence-electron chi connectivity index (χ1n) is 7.69. The highest BCUT2D eigenvalue weighted by Gasteiger charge is 2.15. The second-order valence-corrected chi connectivity index (χ2v) is 11.3. The molecule has 0 unspecified atom stereocenters. The van der Waals surface area contributed by atoms with Gasteiger partial charge in [-0.15, -0.1) is 0 Å². The van der Waals surface area contributed by atoms with Crippen molar-refractivity contribution in [3.05, 3.63) is 94.1 Å². The van der Waals surface area contributed by atoms with Crippen molar-refractivity contribution in [1.29, 1.82) is 0 Å². The highest BCUT2D eigenvalue weighted by Crippen LogP contribution is 2.08. The van der Waals surface area contributed by atoms with Gasteiger partial charge in [0.2, 0.25) is 2.88 Å². The molecule has 3 aromatic rings. The van der Waals surface area contributed by atoms with Gasteiger partial charge in [0.1, 0.15) is 10.1 Å². The van der Waals surface area contributed by atoms with Crippen molar-refractivity contribution in [1.82, 2.24) is 0 Å². The summed E-state index contributed by atoms with van der Waals surface area (Å²) in [7, 11) is -4.27. The van der Waals surface area contributed by atoms with Gasteiger partial charge in [0.25, 0.3) is 0 Å². The van der Waals surface area contributed by atoms with Crippen LogP contribution in [0.3, 0.4) is 0 Å². The van der Waals surface area contributed by atoms with E-state index in [2.05, 4.69) is 39.7 Å². The first-order chi connectivity index (χ1) is 12.9. The summed E-state index contributed by atoms with van der Waals surface area (Å²) in [5.74, 6) is 0. The Morgan fingerprint density at radius 3 is 2.30 bits per heavy atom. The average Bonchev–Trinajstić information content (AvgIpc) is 3.14. The molecule has 0 fully saturated rings. The number of aryl methyl sites for hydroxylation is 1. The van der Waals surface area contributed by atoms with E-state index in [9.17, 15) is 13.0 Å². The minimum Gasteiger partial charge on any atom is -0.744 e. The molecule has 2 aromatic carbocycles. The van der Waals surface area contributed by atoms with E-state index in [0.29, 0.717) is 6.54 Å². The second-order valence-electron chi connectivity index (χ2n) is 5.29. The Morgan fingerprint density at radius 1 is 1.11 bits per heavy atom. The second kappa shape index (κ2) is 10.4. The number of benzene rings is 2. The van der Waals surface area contributed by atoms with E-state index in [1.165, 1.54) is 18.6 Å². The molecule has 0 saturated heterocycles. The van der Waals surface area contributed by atoms with Gasteiger partial charge in [-0.1, -0.05) is 46.3 Å². The van der Waals surface area contributed by atoms with Crippen molar-refractivity contribution in [3.8, 4) is 0 Å². The third-order valence-electron chi connectivity index (χ3n) is 3.23. The Morgan fingerprint density at radius 2 is 1.78 bits per heavy atom. The zero-order valence-corrected chi connectivity index (χ0v) is 18.1. The van der Waals surface area contributed by atoms with Crippen LogP contribution < -0.4 is 21.2 Å². The number of azide groups is 1. The molecule has 0 spiro atoms. The Balaban J connectivity index is 0.000000208. The minimum absolute atomic E-state index is 0.0450. The normalized spacial score (nSPS) is 10.4. The highest BCUT2D eigenvalue weighted by molar-refractivity contribution is 7.85. The Bertz CT molecular complexity index is 997. The fourth-order valence-electron chi connectivity index (χ4n) is 1.89. The third kappa shape index (κ3) is 7.69. The third-order valence-corrected chi connectivity index (χ3v) is 8.25. The number of nitrogens with zero attached hydrogens (tertiary/aromatic N) is 3. The molecule has 0 bridgehead atoms. The Labute approximate surface area is 172 Å². The molecular formula is C18H16IN3O3S2. The summed E-state index contributed by atoms with van der Waals surface area (Å²) in [6, 6.07) is 18.4. The number of thiophene rings is 1. The fraction of sp³-hybridized carbons (Fsp3) is 0.111. The van der Waals surface area contributed by atoms with Crippen molar-refractivity contribution < 1.29 is 34.2 Å². The molecule has 0 N–H and O–H groups in total. The first kappa shape index (κ1) is 21.4. The first-order valence-corrected chi connectivity index (χ1v) is 12.1. The van der Waals surface area contributed by atoms with E-state index >= 15 is 0 Å². The lowest BCUT2D eigenvalue weighted by Crippen LogP contribution is -3.61. The van der Waals surface area contributed by atoms with Gasteiger partial charge in [-0.2, -0.15) is 0 Å². The van der Waals surface area contributed by atoms with Gasteiger partial charge in [-0.05, 0) is 53.7 Å². The molecule has 0 radical (unpaired) electrons. The lowest BCUT2D eigenvalue weighted by atomic mass is 10.2. The number of halogens is 1. The van der Waals surface area contributed by atoms with Crippen molar-refractivity contribution >= 4 is 21.5 Å². The summed E-state index contributed by atoms with van der Waals surface area (Å²) in [6.07, 6.45) is 0. The molecule has 27 heavy (non-hydrogen) atoms. The molecule has 1 aromatic heterocycles. The topological polar surface area (TPSA) is 106 Å². The minimum atomic E-state index is -4.27. The maximum absolute atomic E-state index is 10.4. The largest absolute Gasteiger partial charge is 0.744 e. The smallest absolute Gasteiger partial charge is 0.369 e. The van der Waals surface area contributed by atoms with Crippen LogP contribution in [0.4, 0.5) is 0 Å². The van der Waals surface area contributed by atoms with Gasteiger partial charge in [-0.25, -0.2) is 8.42 Å². The summed E-state index contributed by atoms with van der Waals surface area (Å²) in [5, 5.41) is 5.66. The molecule has 0 aliphatic carbocycles. The van der Waals surface area contributed by atoms with E-state index in [1.807, 2.05) is 30.4 Å². The molecule has 0 saturated carbocycles. The van der Waals surface area contributed by atoms with Crippen molar-refractivity contribution in [3.63, 3.8) is 0 Å². The average molecular weight is 513 g/mol. The van der Waals surface area contributed by atoms with E-state index in [4.69, 9.17) is 5.53 Å². The lowest BCUT2D eigenvalue weighted by Gasteiger charge is -2.05. The lowest BCUT2D eigenvalue weighted by molar-refractivity contribution is -0.591. The molecule has 0 aliphatic rings.